The second-order valence-corrected chi connectivity index (χ2v) is 9.56. The van der Waals surface area contributed by atoms with Crippen LogP contribution in [0.5, 0.6) is 11.5 Å². The molecule has 1 unspecified atom stereocenters. The number of carboxylic acids is 1. The highest BCUT2D eigenvalue weighted by molar-refractivity contribution is 14.1. The number of hydrogen-bond donors (Lipinski definition) is 1. The molecule has 2 rings (SSSR count). The normalized spacial score (nSPS) is 12.2. The number of carbonyl (C=O) groups excluding carboxylic acids is 1. The van der Waals surface area contributed by atoms with Gasteiger partial charge in [0.1, 0.15) is 24.7 Å². The molecule has 0 aliphatic rings. The summed E-state index contributed by atoms with van der Waals surface area (Å²) in [6.45, 7) is 6.92. The highest BCUT2D eigenvalue weighted by Crippen LogP contribution is 2.32. The van der Waals surface area contributed by atoms with Crippen molar-refractivity contribution in [3.05, 3.63) is 61.2 Å². The molecule has 2 aromatic rings. The lowest BCUT2D eigenvalue weighted by atomic mass is 10.0. The first kappa shape index (κ1) is 27.3. The van der Waals surface area contributed by atoms with E-state index in [1.807, 2.05) is 69.4 Å². The number of carbonyl (C=O) groups is 2. The second kappa shape index (κ2) is 12.0. The van der Waals surface area contributed by atoms with Gasteiger partial charge in [-0.15, -0.1) is 0 Å². The molecule has 0 saturated carbocycles. The molecule has 0 spiro atoms. The molecule has 1 N–H and O–H groups in total. The molecule has 2 aromatic carbocycles. The molecular weight excluding hydrogens is 664 g/mol. The summed E-state index contributed by atoms with van der Waals surface area (Å²) in [6.07, 6.45) is -0.372. The van der Waals surface area contributed by atoms with Gasteiger partial charge in [0.05, 0.1) is 12.7 Å². The van der Waals surface area contributed by atoms with Gasteiger partial charge in [0.2, 0.25) is 0 Å². The molecule has 0 saturated heterocycles. The van der Waals surface area contributed by atoms with E-state index in [0.717, 1.165) is 5.56 Å². The number of rotatable bonds is 11. The zero-order valence-electron chi connectivity index (χ0n) is 17.8. The lowest BCUT2D eigenvalue weighted by molar-refractivity contribution is -0.187. The van der Waals surface area contributed by atoms with Crippen LogP contribution in [0.25, 0.3) is 6.08 Å². The molecular formula is C23H22F2I2O6. The molecule has 1 atom stereocenters. The van der Waals surface area contributed by atoms with Gasteiger partial charge in [-0.3, -0.25) is 0 Å². The standard InChI is InChI=1S/C23H22F2I2O6/c1-4-14-5-7-16(8-6-14)31-9-10-32-19-17(26)11-15(12-18(19)27)21(28)33-20(13(2)3)23(24,25)22(29)30/h4-8,11-13,20H,1,9-10H2,2-3H3,(H,29,30). The molecule has 33 heavy (non-hydrogen) atoms. The number of esters is 1. The minimum absolute atomic E-state index is 0.0153. The first-order valence-corrected chi connectivity index (χ1v) is 11.9. The molecule has 0 fully saturated rings. The Balaban J connectivity index is 2.03. The van der Waals surface area contributed by atoms with Gasteiger partial charge in [-0.05, 0) is 80.9 Å². The van der Waals surface area contributed by atoms with Crippen LogP contribution in [0.1, 0.15) is 29.8 Å². The number of alkyl halides is 2. The first-order chi connectivity index (χ1) is 15.5. The predicted molar refractivity (Wildman–Crippen MR) is 136 cm³/mol. The molecule has 6 nitrogen and oxygen atoms in total. The summed E-state index contributed by atoms with van der Waals surface area (Å²) in [7, 11) is 0. The number of benzene rings is 2. The van der Waals surface area contributed by atoms with Gasteiger partial charge in [-0.1, -0.05) is 38.6 Å². The van der Waals surface area contributed by atoms with Crippen molar-refractivity contribution in [2.24, 2.45) is 5.92 Å². The molecule has 0 heterocycles. The largest absolute Gasteiger partial charge is 0.490 e. The number of aliphatic carboxylic acids is 1. The summed E-state index contributed by atoms with van der Waals surface area (Å²) in [4.78, 5) is 23.4. The molecule has 10 heteroatoms. The Hall–Kier alpha value is -1.96. The van der Waals surface area contributed by atoms with E-state index in [9.17, 15) is 18.4 Å². The van der Waals surface area contributed by atoms with E-state index >= 15 is 0 Å². The van der Waals surface area contributed by atoms with Crippen molar-refractivity contribution in [3.8, 4) is 11.5 Å². The van der Waals surface area contributed by atoms with Gasteiger partial charge in [0, 0.05) is 0 Å². The Morgan fingerprint density at radius 3 is 2.12 bits per heavy atom. The van der Waals surface area contributed by atoms with Crippen molar-refractivity contribution in [3.63, 3.8) is 0 Å². The van der Waals surface area contributed by atoms with Crippen LogP contribution in [-0.4, -0.2) is 42.3 Å². The van der Waals surface area contributed by atoms with E-state index < -0.39 is 29.9 Å². The average Bonchev–Trinajstić information content (AvgIpc) is 2.75. The summed E-state index contributed by atoms with van der Waals surface area (Å²) in [5, 5.41) is 8.79. The third-order valence-corrected chi connectivity index (χ3v) is 6.03. The fourth-order valence-electron chi connectivity index (χ4n) is 2.75. The van der Waals surface area contributed by atoms with Crippen molar-refractivity contribution in [2.45, 2.75) is 25.9 Å². The zero-order valence-corrected chi connectivity index (χ0v) is 22.1. The zero-order chi connectivity index (χ0) is 24.8. The maximum absolute atomic E-state index is 14.0. The first-order valence-electron chi connectivity index (χ1n) is 9.76. The van der Waals surface area contributed by atoms with Crippen LogP contribution < -0.4 is 9.47 Å². The monoisotopic (exact) mass is 686 g/mol. The Labute approximate surface area is 217 Å². The smallest absolute Gasteiger partial charge is 0.378 e. The summed E-state index contributed by atoms with van der Waals surface area (Å²) in [5.74, 6) is -7.31. The minimum atomic E-state index is -4.21. The van der Waals surface area contributed by atoms with Crippen LogP contribution in [0.15, 0.2) is 43.0 Å². The summed E-state index contributed by atoms with van der Waals surface area (Å²) < 4.78 is 45.4. The molecule has 178 valence electrons. The maximum atomic E-state index is 14.0. The lowest BCUT2D eigenvalue weighted by Crippen LogP contribution is -2.47. The summed E-state index contributed by atoms with van der Waals surface area (Å²) >= 11 is 3.92. The Kier molecular flexibility index (Phi) is 9.88. The quantitative estimate of drug-likeness (QED) is 0.180. The van der Waals surface area contributed by atoms with E-state index in [2.05, 4.69) is 6.58 Å². The molecule has 0 aliphatic heterocycles. The Morgan fingerprint density at radius 1 is 1.09 bits per heavy atom. The third kappa shape index (κ3) is 7.26. The molecule has 0 aliphatic carbocycles. The van der Waals surface area contributed by atoms with Gasteiger partial charge < -0.3 is 19.3 Å². The number of halogens is 4. The molecule has 0 bridgehead atoms. The van der Waals surface area contributed by atoms with Crippen molar-refractivity contribution in [1.82, 2.24) is 0 Å². The number of ether oxygens (including phenoxy) is 3. The van der Waals surface area contributed by atoms with E-state index in [1.54, 1.807) is 6.08 Å². The van der Waals surface area contributed by atoms with Crippen molar-refractivity contribution < 1.29 is 37.7 Å². The van der Waals surface area contributed by atoms with Gasteiger partial charge in [0.25, 0.3) is 0 Å². The average molecular weight is 686 g/mol. The van der Waals surface area contributed by atoms with Crippen molar-refractivity contribution >= 4 is 63.2 Å². The fourth-order valence-corrected chi connectivity index (χ4v) is 4.83. The van der Waals surface area contributed by atoms with E-state index in [-0.39, 0.29) is 18.8 Å². The van der Waals surface area contributed by atoms with Crippen LogP contribution in [0, 0.1) is 13.1 Å². The van der Waals surface area contributed by atoms with Crippen LogP contribution >= 0.6 is 45.2 Å². The van der Waals surface area contributed by atoms with Gasteiger partial charge in [0.15, 0.2) is 6.10 Å². The van der Waals surface area contributed by atoms with Crippen molar-refractivity contribution in [1.29, 1.82) is 0 Å². The van der Waals surface area contributed by atoms with E-state index in [0.29, 0.717) is 18.6 Å². The van der Waals surface area contributed by atoms with Crippen LogP contribution in [0.4, 0.5) is 8.78 Å². The van der Waals surface area contributed by atoms with E-state index in [4.69, 9.17) is 19.3 Å². The highest BCUT2D eigenvalue weighted by atomic mass is 127. The molecule has 0 amide bonds. The predicted octanol–water partition coefficient (Wildman–Crippen LogP) is 5.90. The van der Waals surface area contributed by atoms with Crippen LogP contribution in [0.3, 0.4) is 0 Å². The van der Waals surface area contributed by atoms with E-state index in [1.165, 1.54) is 26.0 Å². The maximum Gasteiger partial charge on any atom is 0.378 e. The highest BCUT2D eigenvalue weighted by Gasteiger charge is 2.51. The number of carboxylic acid groups (broad SMARTS) is 1. The molecule has 0 radical (unpaired) electrons. The minimum Gasteiger partial charge on any atom is -0.490 e. The topological polar surface area (TPSA) is 82.1 Å². The lowest BCUT2D eigenvalue weighted by Gasteiger charge is -2.26. The fraction of sp³-hybridized carbons (Fsp3) is 0.304. The summed E-state index contributed by atoms with van der Waals surface area (Å²) in [6, 6.07) is 10.3. The van der Waals surface area contributed by atoms with Gasteiger partial charge >= 0.3 is 17.9 Å². The Bertz CT molecular complexity index is 986. The Morgan fingerprint density at radius 2 is 1.64 bits per heavy atom. The van der Waals surface area contributed by atoms with Crippen molar-refractivity contribution in [2.75, 3.05) is 13.2 Å². The van der Waals surface area contributed by atoms with Crippen LogP contribution in [0.2, 0.25) is 0 Å². The number of hydrogen-bond acceptors (Lipinski definition) is 5. The van der Waals surface area contributed by atoms with Crippen LogP contribution in [-0.2, 0) is 9.53 Å². The van der Waals surface area contributed by atoms with Gasteiger partial charge in [-0.2, -0.15) is 8.78 Å². The summed E-state index contributed by atoms with van der Waals surface area (Å²) in [5.41, 5.74) is 0.995. The molecule has 0 aromatic heterocycles. The third-order valence-electron chi connectivity index (χ3n) is 4.43. The SMILES string of the molecule is C=Cc1ccc(OCCOc2c(I)cc(C(=O)OC(C(C)C)C(F)(F)C(=O)O)cc2I)cc1. The van der Waals surface area contributed by atoms with Gasteiger partial charge in [-0.25, -0.2) is 9.59 Å². The second-order valence-electron chi connectivity index (χ2n) is 7.24.